The van der Waals surface area contributed by atoms with Gasteiger partial charge in [0.25, 0.3) is 0 Å². The van der Waals surface area contributed by atoms with Crippen LogP contribution in [-0.2, 0) is 38.4 Å². The summed E-state index contributed by atoms with van der Waals surface area (Å²) >= 11 is 0. The Morgan fingerprint density at radius 3 is 2.31 bits per heavy atom. The summed E-state index contributed by atoms with van der Waals surface area (Å²) in [6, 6.07) is -1.74. The predicted molar refractivity (Wildman–Crippen MR) is 86.2 cm³/mol. The third-order valence-corrected chi connectivity index (χ3v) is 4.09. The van der Waals surface area contributed by atoms with Gasteiger partial charge >= 0.3 is 59.1 Å². The van der Waals surface area contributed by atoms with Gasteiger partial charge < -0.3 is 54.5 Å². The van der Waals surface area contributed by atoms with Crippen LogP contribution < -0.4 is 69.5 Å². The number of ether oxygens (including phenoxy) is 2. The fourth-order valence-corrected chi connectivity index (χ4v) is 2.62. The Bertz CT molecular complexity index is 777. The van der Waals surface area contributed by atoms with E-state index in [0.717, 1.165) is 6.92 Å². The Hall–Kier alpha value is -0.180. The third kappa shape index (κ3) is 10.8. The Balaban J connectivity index is 0. The monoisotopic (exact) mass is 503 g/mol. The molecule has 1 heterocycles. The maximum absolute atomic E-state index is 11.2. The zero-order valence-corrected chi connectivity index (χ0v) is 22.0. The second-order valence-electron chi connectivity index (χ2n) is 6.00. The van der Waals surface area contributed by atoms with E-state index in [0.29, 0.717) is 6.08 Å². The molecule has 18 heteroatoms. The van der Waals surface area contributed by atoms with Gasteiger partial charge in [-0.25, -0.2) is 8.42 Å². The number of carbonyl (C=O) groups excluding carboxylic acids is 3. The average Bonchev–Trinajstić information content (AvgIpc) is 2.63. The van der Waals surface area contributed by atoms with E-state index in [1.54, 1.807) is 0 Å². The standard InChI is InChI=1S/C14H21NO14S.2Na/c1-5(17)15-6(3-16)10(20)12(8(19)4-27-30(24,25)26)29-14-11(21)7(18)2-9(28-14)13(22)23;;/h2-3,6-8,10-12,14,18-21H,4H2,1H3,(H,15,17)(H,22,23)(H,24,25,26);;/q;2*+1/p-2/t6-,7-,8+,10+,11+,12+,14-;;/m0../s1. The van der Waals surface area contributed by atoms with Crippen LogP contribution in [0.5, 0.6) is 0 Å². The number of nitrogens with one attached hydrogen (secondary N) is 1. The maximum atomic E-state index is 11.2. The molecular formula is C14H19NNa2O14S. The van der Waals surface area contributed by atoms with Crippen molar-refractivity contribution in [2.45, 2.75) is 49.8 Å². The summed E-state index contributed by atoms with van der Waals surface area (Å²) in [6.45, 7) is -0.322. The van der Waals surface area contributed by atoms with Gasteiger partial charge in [-0.3, -0.25) is 8.98 Å². The molecule has 5 N–H and O–H groups in total. The molecule has 0 bridgehead atoms. The number of carbonyl (C=O) groups is 3. The van der Waals surface area contributed by atoms with Crippen molar-refractivity contribution >= 4 is 28.6 Å². The van der Waals surface area contributed by atoms with Crippen LogP contribution in [0.4, 0.5) is 0 Å². The van der Waals surface area contributed by atoms with E-state index in [1.165, 1.54) is 0 Å². The first-order chi connectivity index (χ1) is 13.8. The number of aliphatic carboxylic acids is 1. The van der Waals surface area contributed by atoms with Crippen molar-refractivity contribution in [1.29, 1.82) is 0 Å². The molecule has 0 fully saturated rings. The van der Waals surface area contributed by atoms with Gasteiger partial charge in [-0.15, -0.1) is 0 Å². The topological polar surface area (TPSA) is 252 Å². The van der Waals surface area contributed by atoms with Gasteiger partial charge in [0.2, 0.25) is 22.6 Å². The molecule has 0 saturated carbocycles. The number of amides is 1. The van der Waals surface area contributed by atoms with Crippen LogP contribution in [0.3, 0.4) is 0 Å². The number of aliphatic hydroxyl groups is 4. The van der Waals surface area contributed by atoms with Crippen LogP contribution in [0.1, 0.15) is 6.92 Å². The third-order valence-electron chi connectivity index (χ3n) is 3.67. The summed E-state index contributed by atoms with van der Waals surface area (Å²) in [5.74, 6) is -3.70. The van der Waals surface area contributed by atoms with E-state index in [2.05, 4.69) is 4.18 Å². The van der Waals surface area contributed by atoms with Gasteiger partial charge in [0.05, 0.1) is 6.61 Å². The average molecular weight is 503 g/mol. The summed E-state index contributed by atoms with van der Waals surface area (Å²) in [4.78, 5) is 33.3. The SMILES string of the molecule is CC(=O)N[C@@H](C=O)[C@@H](O)[C@H](O[C@@H]1OC(C(=O)[O-])=C[C@H](O)[C@H]1O)[C@H](O)COS(=O)(=O)[O-].[Na+].[Na+]. The van der Waals surface area contributed by atoms with Gasteiger partial charge in [0, 0.05) is 6.92 Å². The van der Waals surface area contributed by atoms with E-state index >= 15 is 0 Å². The molecule has 0 unspecified atom stereocenters. The molecule has 1 rings (SSSR count). The van der Waals surface area contributed by atoms with Gasteiger partial charge in [0.15, 0.2) is 0 Å². The van der Waals surface area contributed by atoms with E-state index < -0.39 is 77.5 Å². The van der Waals surface area contributed by atoms with Crippen LogP contribution in [0.15, 0.2) is 11.8 Å². The van der Waals surface area contributed by atoms with E-state index in [9.17, 15) is 52.9 Å². The van der Waals surface area contributed by atoms with Gasteiger partial charge in [-0.05, 0) is 6.08 Å². The molecule has 0 saturated heterocycles. The number of hydrogen-bond donors (Lipinski definition) is 5. The molecule has 1 amide bonds. The van der Waals surface area contributed by atoms with Crippen molar-refractivity contribution in [2.75, 3.05) is 6.61 Å². The first-order valence-corrected chi connectivity index (χ1v) is 9.40. The zero-order valence-electron chi connectivity index (χ0n) is 17.2. The molecule has 172 valence electrons. The van der Waals surface area contributed by atoms with Crippen molar-refractivity contribution in [3.8, 4) is 0 Å². The number of rotatable bonds is 11. The number of carboxylic acids is 1. The number of aliphatic hydroxyl groups excluding tert-OH is 4. The second kappa shape index (κ2) is 14.9. The quantitative estimate of drug-likeness (QED) is 0.0760. The smallest absolute Gasteiger partial charge is 0.726 e. The van der Waals surface area contributed by atoms with Gasteiger partial charge in [-0.1, -0.05) is 0 Å². The molecule has 7 atom stereocenters. The Kier molecular flexibility index (Phi) is 15.9. The minimum Gasteiger partial charge on any atom is -0.726 e. The van der Waals surface area contributed by atoms with Crippen LogP contribution in [0.2, 0.25) is 0 Å². The van der Waals surface area contributed by atoms with Crippen molar-refractivity contribution in [3.63, 3.8) is 0 Å². The van der Waals surface area contributed by atoms with Crippen molar-refractivity contribution in [2.24, 2.45) is 0 Å². The minimum atomic E-state index is -5.30. The van der Waals surface area contributed by atoms with Gasteiger partial charge in [0.1, 0.15) is 54.6 Å². The number of hydrogen-bond acceptors (Lipinski definition) is 14. The normalized spacial score (nSPS) is 24.2. The van der Waals surface area contributed by atoms with E-state index in [-0.39, 0.29) is 65.4 Å². The molecular weight excluding hydrogens is 484 g/mol. The molecule has 0 spiro atoms. The number of carboxylic acid groups (broad SMARTS) is 1. The number of aldehydes is 1. The molecule has 15 nitrogen and oxygen atoms in total. The summed E-state index contributed by atoms with van der Waals surface area (Å²) < 4.78 is 45.4. The summed E-state index contributed by atoms with van der Waals surface area (Å²) in [7, 11) is -5.30. The first kappa shape index (κ1) is 34.0. The molecule has 0 aliphatic carbocycles. The van der Waals surface area contributed by atoms with Crippen molar-refractivity contribution in [1.82, 2.24) is 5.32 Å². The fourth-order valence-electron chi connectivity index (χ4n) is 2.31. The summed E-state index contributed by atoms with van der Waals surface area (Å²) in [6.07, 6.45) is -11.8. The van der Waals surface area contributed by atoms with E-state index in [1.807, 2.05) is 5.32 Å². The maximum Gasteiger partial charge on any atom is 1.00 e. The van der Waals surface area contributed by atoms with E-state index in [4.69, 9.17) is 9.47 Å². The first-order valence-electron chi connectivity index (χ1n) is 8.07. The summed E-state index contributed by atoms with van der Waals surface area (Å²) in [5.41, 5.74) is 0. The van der Waals surface area contributed by atoms with Crippen LogP contribution in [0.25, 0.3) is 0 Å². The molecule has 0 aromatic rings. The largest absolute Gasteiger partial charge is 1.00 e. The molecule has 1 aliphatic heterocycles. The van der Waals surface area contributed by atoms with Crippen LogP contribution in [0, 0.1) is 0 Å². The van der Waals surface area contributed by atoms with Crippen LogP contribution in [-0.4, -0.2) is 101 Å². The molecule has 0 radical (unpaired) electrons. The van der Waals surface area contributed by atoms with Crippen molar-refractivity contribution in [3.05, 3.63) is 11.8 Å². The van der Waals surface area contributed by atoms with Crippen LogP contribution >= 0.6 is 0 Å². The minimum absolute atomic E-state index is 0. The molecule has 32 heavy (non-hydrogen) atoms. The molecule has 0 aromatic carbocycles. The summed E-state index contributed by atoms with van der Waals surface area (Å²) in [5, 5.41) is 52.9. The Morgan fingerprint density at radius 2 is 1.88 bits per heavy atom. The Labute approximate surface area is 226 Å². The van der Waals surface area contributed by atoms with Crippen molar-refractivity contribution < 1.29 is 126 Å². The zero-order chi connectivity index (χ0) is 23.2. The molecule has 1 aliphatic rings. The molecule has 0 aromatic heterocycles. The second-order valence-corrected chi connectivity index (χ2v) is 7.05. The predicted octanol–water partition coefficient (Wildman–Crippen LogP) is -12.0. The fraction of sp³-hybridized carbons (Fsp3) is 0.643. The Morgan fingerprint density at radius 1 is 1.31 bits per heavy atom. The van der Waals surface area contributed by atoms with Gasteiger partial charge in [-0.2, -0.15) is 0 Å².